The number of esters is 1. The van der Waals surface area contributed by atoms with Crippen LogP contribution in [-0.4, -0.2) is 54.6 Å². The molecule has 0 aromatic rings. The lowest BCUT2D eigenvalue weighted by atomic mass is 9.95. The van der Waals surface area contributed by atoms with Crippen LogP contribution in [0.25, 0.3) is 0 Å². The lowest BCUT2D eigenvalue weighted by Crippen LogP contribution is -2.61. The molecule has 1 saturated carbocycles. The highest BCUT2D eigenvalue weighted by Crippen LogP contribution is 2.18. The number of hydrogen-bond donors (Lipinski definition) is 2. The maximum atomic E-state index is 12.6. The quantitative estimate of drug-likeness (QED) is 0.541. The van der Waals surface area contributed by atoms with E-state index >= 15 is 0 Å². The van der Waals surface area contributed by atoms with Gasteiger partial charge in [-0.2, -0.15) is 0 Å². The number of urea groups is 1. The van der Waals surface area contributed by atoms with Crippen LogP contribution in [-0.2, 0) is 14.3 Å². The minimum atomic E-state index is -0.781. The molecule has 0 aromatic heterocycles. The van der Waals surface area contributed by atoms with Gasteiger partial charge < -0.3 is 20.3 Å². The van der Waals surface area contributed by atoms with Crippen LogP contribution in [0.3, 0.4) is 0 Å². The standard InChI is InChI=1S/C18H31N3O4/c1-2-3-7-12-25-16(22)13-15-17(23)19-10-11-21(15)18(24)20-14-8-5-4-6-9-14/h14-15H,2-13H2,1H3,(H,19,23)(H,20,24). The second-order valence-electron chi connectivity index (χ2n) is 6.92. The molecule has 7 nitrogen and oxygen atoms in total. The van der Waals surface area contributed by atoms with Crippen molar-refractivity contribution >= 4 is 17.9 Å². The first-order valence-corrected chi connectivity index (χ1v) is 9.62. The normalized spacial score (nSPS) is 21.6. The average molecular weight is 353 g/mol. The van der Waals surface area contributed by atoms with Crippen molar-refractivity contribution in [3.8, 4) is 0 Å². The van der Waals surface area contributed by atoms with E-state index in [4.69, 9.17) is 4.74 Å². The summed E-state index contributed by atoms with van der Waals surface area (Å²) in [6, 6.07) is -0.852. The third-order valence-electron chi connectivity index (χ3n) is 4.90. The van der Waals surface area contributed by atoms with Gasteiger partial charge in [-0.25, -0.2) is 4.79 Å². The van der Waals surface area contributed by atoms with E-state index in [2.05, 4.69) is 17.6 Å². The van der Waals surface area contributed by atoms with E-state index in [1.165, 1.54) is 11.3 Å². The fourth-order valence-electron chi connectivity index (χ4n) is 3.42. The van der Waals surface area contributed by atoms with Gasteiger partial charge in [0.2, 0.25) is 5.91 Å². The first kappa shape index (κ1) is 19.5. The molecule has 1 saturated heterocycles. The van der Waals surface area contributed by atoms with Crippen molar-refractivity contribution in [1.29, 1.82) is 0 Å². The molecule has 0 radical (unpaired) electrons. The summed E-state index contributed by atoms with van der Waals surface area (Å²) in [5, 5.41) is 5.76. The first-order valence-electron chi connectivity index (χ1n) is 9.62. The maximum Gasteiger partial charge on any atom is 0.318 e. The second-order valence-corrected chi connectivity index (χ2v) is 6.92. The zero-order valence-electron chi connectivity index (χ0n) is 15.2. The third kappa shape index (κ3) is 6.21. The Morgan fingerprint density at radius 3 is 2.72 bits per heavy atom. The topological polar surface area (TPSA) is 87.7 Å². The fraction of sp³-hybridized carbons (Fsp3) is 0.833. The van der Waals surface area contributed by atoms with E-state index in [9.17, 15) is 14.4 Å². The predicted octanol–water partition coefficient (Wildman–Crippen LogP) is 1.95. The second kappa shape index (κ2) is 10.3. The van der Waals surface area contributed by atoms with Crippen molar-refractivity contribution in [3.05, 3.63) is 0 Å². The Labute approximate surface area is 149 Å². The van der Waals surface area contributed by atoms with E-state index in [1.807, 2.05) is 0 Å². The van der Waals surface area contributed by atoms with Gasteiger partial charge in [0.25, 0.3) is 0 Å². The molecule has 1 atom stereocenters. The van der Waals surface area contributed by atoms with Crippen LogP contribution in [0.15, 0.2) is 0 Å². The van der Waals surface area contributed by atoms with Crippen LogP contribution in [0.5, 0.6) is 0 Å². The minimum Gasteiger partial charge on any atom is -0.466 e. The molecule has 2 N–H and O–H groups in total. The number of ether oxygens (including phenoxy) is 1. The molecule has 0 aromatic carbocycles. The van der Waals surface area contributed by atoms with Crippen LogP contribution in [0, 0.1) is 0 Å². The summed E-state index contributed by atoms with van der Waals surface area (Å²) in [5.41, 5.74) is 0. The summed E-state index contributed by atoms with van der Waals surface area (Å²) in [4.78, 5) is 38.3. The van der Waals surface area contributed by atoms with Crippen LogP contribution in [0.1, 0.15) is 64.7 Å². The van der Waals surface area contributed by atoms with Gasteiger partial charge in [0.15, 0.2) is 0 Å². The number of unbranched alkanes of at least 4 members (excludes halogenated alkanes) is 2. The number of hydrogen-bond acceptors (Lipinski definition) is 4. The van der Waals surface area contributed by atoms with Crippen LogP contribution < -0.4 is 10.6 Å². The van der Waals surface area contributed by atoms with Crippen molar-refractivity contribution < 1.29 is 19.1 Å². The number of piperazine rings is 1. The molecule has 25 heavy (non-hydrogen) atoms. The van der Waals surface area contributed by atoms with Crippen molar-refractivity contribution in [2.45, 2.75) is 76.8 Å². The average Bonchev–Trinajstić information content (AvgIpc) is 2.61. The van der Waals surface area contributed by atoms with Gasteiger partial charge in [0, 0.05) is 19.1 Å². The van der Waals surface area contributed by atoms with Crippen LogP contribution in [0.4, 0.5) is 4.79 Å². The molecule has 7 heteroatoms. The Morgan fingerprint density at radius 1 is 1.24 bits per heavy atom. The molecular formula is C18H31N3O4. The minimum absolute atomic E-state index is 0.0873. The molecule has 1 aliphatic heterocycles. The molecule has 0 bridgehead atoms. The van der Waals surface area contributed by atoms with Crippen molar-refractivity contribution in [2.75, 3.05) is 19.7 Å². The van der Waals surface area contributed by atoms with E-state index in [0.29, 0.717) is 19.7 Å². The summed E-state index contributed by atoms with van der Waals surface area (Å²) in [6.07, 6.45) is 8.22. The number of nitrogens with zero attached hydrogens (tertiary/aromatic N) is 1. The summed E-state index contributed by atoms with van der Waals surface area (Å²) in [5.74, 6) is -0.704. The fourth-order valence-corrected chi connectivity index (χ4v) is 3.42. The number of carbonyl (C=O) groups is 3. The Bertz CT molecular complexity index is 463. The SMILES string of the molecule is CCCCCOC(=O)CC1C(=O)NCCN1C(=O)NC1CCCCC1. The number of nitrogens with one attached hydrogen (secondary N) is 2. The zero-order valence-corrected chi connectivity index (χ0v) is 15.2. The third-order valence-corrected chi connectivity index (χ3v) is 4.90. The molecule has 2 rings (SSSR count). The summed E-state index contributed by atoms with van der Waals surface area (Å²) in [6.45, 7) is 3.28. The van der Waals surface area contributed by atoms with Gasteiger partial charge in [-0.05, 0) is 19.3 Å². The van der Waals surface area contributed by atoms with Gasteiger partial charge in [-0.15, -0.1) is 0 Å². The van der Waals surface area contributed by atoms with Gasteiger partial charge in [0.05, 0.1) is 13.0 Å². The molecule has 0 spiro atoms. The van der Waals surface area contributed by atoms with E-state index in [1.54, 1.807) is 0 Å². The van der Waals surface area contributed by atoms with Crippen LogP contribution in [0.2, 0.25) is 0 Å². The van der Waals surface area contributed by atoms with Gasteiger partial charge in [-0.1, -0.05) is 39.0 Å². The first-order chi connectivity index (χ1) is 12.1. The largest absolute Gasteiger partial charge is 0.466 e. The highest BCUT2D eigenvalue weighted by molar-refractivity contribution is 5.91. The molecule has 1 aliphatic carbocycles. The molecule has 2 aliphatic rings. The lowest BCUT2D eigenvalue weighted by Gasteiger charge is -2.36. The monoisotopic (exact) mass is 353 g/mol. The number of carbonyl (C=O) groups excluding carboxylic acids is 3. The Morgan fingerprint density at radius 2 is 2.00 bits per heavy atom. The molecule has 1 unspecified atom stereocenters. The predicted molar refractivity (Wildman–Crippen MR) is 94.0 cm³/mol. The molecule has 142 valence electrons. The van der Waals surface area contributed by atoms with E-state index in [0.717, 1.165) is 44.9 Å². The van der Waals surface area contributed by atoms with E-state index < -0.39 is 12.0 Å². The van der Waals surface area contributed by atoms with Gasteiger partial charge in [0.1, 0.15) is 6.04 Å². The molecule has 1 heterocycles. The van der Waals surface area contributed by atoms with Crippen molar-refractivity contribution in [2.24, 2.45) is 0 Å². The lowest BCUT2D eigenvalue weighted by molar-refractivity contribution is -0.147. The Kier molecular flexibility index (Phi) is 8.01. The maximum absolute atomic E-state index is 12.6. The zero-order chi connectivity index (χ0) is 18.1. The smallest absolute Gasteiger partial charge is 0.318 e. The Balaban J connectivity index is 1.86. The van der Waals surface area contributed by atoms with Crippen LogP contribution >= 0.6 is 0 Å². The number of rotatable bonds is 7. The molecular weight excluding hydrogens is 322 g/mol. The van der Waals surface area contributed by atoms with Crippen molar-refractivity contribution in [3.63, 3.8) is 0 Å². The highest BCUT2D eigenvalue weighted by Gasteiger charge is 2.35. The van der Waals surface area contributed by atoms with Gasteiger partial charge in [-0.3, -0.25) is 9.59 Å². The van der Waals surface area contributed by atoms with E-state index in [-0.39, 0.29) is 24.4 Å². The summed E-state index contributed by atoms with van der Waals surface area (Å²) >= 11 is 0. The summed E-state index contributed by atoms with van der Waals surface area (Å²) < 4.78 is 5.20. The number of amides is 3. The molecule has 3 amide bonds. The van der Waals surface area contributed by atoms with Crippen molar-refractivity contribution in [1.82, 2.24) is 15.5 Å². The molecule has 2 fully saturated rings. The highest BCUT2D eigenvalue weighted by atomic mass is 16.5. The van der Waals surface area contributed by atoms with Gasteiger partial charge >= 0.3 is 12.0 Å². The summed E-state index contributed by atoms with van der Waals surface area (Å²) in [7, 11) is 0. The Hall–Kier alpha value is -1.79.